The number of benzene rings is 3. The Bertz CT molecular complexity index is 1380. The number of carbonyl (C=O) groups excluding carboxylic acids is 1. The summed E-state index contributed by atoms with van der Waals surface area (Å²) >= 11 is 0. The highest BCUT2D eigenvalue weighted by atomic mass is 16.5. The molecule has 0 spiro atoms. The molecule has 0 unspecified atom stereocenters. The Morgan fingerprint density at radius 1 is 0.879 bits per heavy atom. The van der Waals surface area contributed by atoms with Crippen molar-refractivity contribution < 1.29 is 24.1 Å². The van der Waals surface area contributed by atoms with E-state index in [0.717, 1.165) is 0 Å². The maximum Gasteiger partial charge on any atom is 0.263 e. The second-order valence-electron chi connectivity index (χ2n) is 7.12. The van der Waals surface area contributed by atoms with Crippen molar-refractivity contribution in [2.24, 2.45) is 0 Å². The summed E-state index contributed by atoms with van der Waals surface area (Å²) in [6, 6.07) is 16.5. The van der Waals surface area contributed by atoms with E-state index in [2.05, 4.69) is 5.32 Å². The average molecular weight is 446 g/mol. The van der Waals surface area contributed by atoms with Crippen LogP contribution < -0.4 is 25.1 Å². The highest BCUT2D eigenvalue weighted by molar-refractivity contribution is 6.13. The number of aromatic nitrogens is 1. The second kappa shape index (κ2) is 8.96. The maximum absolute atomic E-state index is 13.3. The minimum Gasteiger partial charge on any atom is -0.506 e. The molecule has 1 aromatic heterocycles. The van der Waals surface area contributed by atoms with Gasteiger partial charge in [0.15, 0.2) is 11.5 Å². The van der Waals surface area contributed by atoms with Crippen LogP contribution in [0.15, 0.2) is 71.7 Å². The standard InChI is InChI=1S/C25H22N2O6/c1-31-21-12-15(13-22(32-2)23(21)33-3)27-14-18(16-8-4-5-9-17(16)25(27)30)24(29)26-19-10-6-7-11-20(19)28/h4-14,28H,1-3H3,(H,26,29). The van der Waals surface area contributed by atoms with Gasteiger partial charge in [-0.3, -0.25) is 14.2 Å². The number of nitrogens with one attached hydrogen (secondary N) is 1. The van der Waals surface area contributed by atoms with Crippen LogP contribution in [0, 0.1) is 0 Å². The number of ether oxygens (including phenoxy) is 3. The number of hydrogen-bond acceptors (Lipinski definition) is 6. The van der Waals surface area contributed by atoms with Gasteiger partial charge in [-0.25, -0.2) is 0 Å². The van der Waals surface area contributed by atoms with Gasteiger partial charge in [-0.15, -0.1) is 0 Å². The smallest absolute Gasteiger partial charge is 0.263 e. The van der Waals surface area contributed by atoms with Gasteiger partial charge in [0, 0.05) is 29.1 Å². The molecule has 4 rings (SSSR count). The number of para-hydroxylation sites is 2. The molecule has 0 saturated heterocycles. The molecule has 0 radical (unpaired) electrons. The van der Waals surface area contributed by atoms with Crippen molar-refractivity contribution in [2.75, 3.05) is 26.6 Å². The normalized spacial score (nSPS) is 10.6. The van der Waals surface area contributed by atoms with Crippen molar-refractivity contribution in [1.29, 1.82) is 0 Å². The summed E-state index contributed by atoms with van der Waals surface area (Å²) in [5.41, 5.74) is 0.621. The molecular weight excluding hydrogens is 424 g/mol. The zero-order chi connectivity index (χ0) is 23.5. The van der Waals surface area contributed by atoms with Crippen LogP contribution in [0.3, 0.4) is 0 Å². The summed E-state index contributed by atoms with van der Waals surface area (Å²) in [4.78, 5) is 26.6. The van der Waals surface area contributed by atoms with E-state index in [0.29, 0.717) is 33.7 Å². The van der Waals surface area contributed by atoms with Crippen LogP contribution in [-0.2, 0) is 0 Å². The van der Waals surface area contributed by atoms with E-state index < -0.39 is 5.91 Å². The fourth-order valence-corrected chi connectivity index (χ4v) is 3.64. The summed E-state index contributed by atoms with van der Waals surface area (Å²) in [5.74, 6) is 0.580. The Morgan fingerprint density at radius 2 is 1.48 bits per heavy atom. The number of methoxy groups -OCH3 is 3. The molecule has 3 aromatic carbocycles. The molecule has 1 amide bonds. The van der Waals surface area contributed by atoms with E-state index in [4.69, 9.17) is 14.2 Å². The predicted molar refractivity (Wildman–Crippen MR) is 125 cm³/mol. The highest BCUT2D eigenvalue weighted by Crippen LogP contribution is 2.39. The summed E-state index contributed by atoms with van der Waals surface area (Å²) in [6.45, 7) is 0. The summed E-state index contributed by atoms with van der Waals surface area (Å²) in [6.07, 6.45) is 1.46. The Balaban J connectivity index is 1.93. The lowest BCUT2D eigenvalue weighted by atomic mass is 10.1. The van der Waals surface area contributed by atoms with Crippen LogP contribution in [0.4, 0.5) is 5.69 Å². The lowest BCUT2D eigenvalue weighted by molar-refractivity contribution is 0.102. The van der Waals surface area contributed by atoms with Crippen molar-refractivity contribution in [3.05, 3.63) is 82.8 Å². The SMILES string of the molecule is COc1cc(-n2cc(C(=O)Nc3ccccc3O)c3ccccc3c2=O)cc(OC)c1OC. The molecular formula is C25H22N2O6. The molecule has 0 atom stereocenters. The predicted octanol–water partition coefficient (Wildman–Crippen LogP) is 3.97. The second-order valence-corrected chi connectivity index (χ2v) is 7.12. The first-order valence-corrected chi connectivity index (χ1v) is 10.0. The Kier molecular flexibility index (Phi) is 5.91. The first kappa shape index (κ1) is 21.8. The average Bonchev–Trinajstić information content (AvgIpc) is 2.84. The van der Waals surface area contributed by atoms with Gasteiger partial charge < -0.3 is 24.6 Å². The van der Waals surface area contributed by atoms with E-state index in [-0.39, 0.29) is 22.6 Å². The van der Waals surface area contributed by atoms with Crippen molar-refractivity contribution in [3.63, 3.8) is 0 Å². The van der Waals surface area contributed by atoms with Crippen molar-refractivity contribution >= 4 is 22.4 Å². The van der Waals surface area contributed by atoms with Gasteiger partial charge in [0.25, 0.3) is 11.5 Å². The number of rotatable bonds is 6. The zero-order valence-corrected chi connectivity index (χ0v) is 18.3. The quantitative estimate of drug-likeness (QED) is 0.435. The molecule has 0 bridgehead atoms. The monoisotopic (exact) mass is 446 g/mol. The number of phenolic OH excluding ortho intramolecular Hbond substituents is 1. The zero-order valence-electron chi connectivity index (χ0n) is 18.3. The summed E-state index contributed by atoms with van der Waals surface area (Å²) < 4.78 is 17.5. The van der Waals surface area contributed by atoms with Gasteiger partial charge in [-0.05, 0) is 18.2 Å². The lowest BCUT2D eigenvalue weighted by Gasteiger charge is -2.17. The topological polar surface area (TPSA) is 99.0 Å². The molecule has 4 aromatic rings. The van der Waals surface area contributed by atoms with Gasteiger partial charge in [-0.2, -0.15) is 0 Å². The number of hydrogen-bond donors (Lipinski definition) is 2. The molecule has 0 aliphatic carbocycles. The van der Waals surface area contributed by atoms with Gasteiger partial charge in [0.2, 0.25) is 5.75 Å². The van der Waals surface area contributed by atoms with Crippen LogP contribution in [0.2, 0.25) is 0 Å². The summed E-state index contributed by atoms with van der Waals surface area (Å²) in [7, 11) is 4.45. The highest BCUT2D eigenvalue weighted by Gasteiger charge is 2.19. The van der Waals surface area contributed by atoms with E-state index in [9.17, 15) is 14.7 Å². The number of fused-ring (bicyclic) bond motifs is 1. The molecule has 1 heterocycles. The van der Waals surface area contributed by atoms with E-state index in [1.165, 1.54) is 38.2 Å². The van der Waals surface area contributed by atoms with E-state index >= 15 is 0 Å². The van der Waals surface area contributed by atoms with Gasteiger partial charge in [-0.1, -0.05) is 30.3 Å². The van der Waals surface area contributed by atoms with Gasteiger partial charge in [0.1, 0.15) is 5.75 Å². The summed E-state index contributed by atoms with van der Waals surface area (Å²) in [5, 5.41) is 13.6. The van der Waals surface area contributed by atoms with Crippen molar-refractivity contribution in [3.8, 4) is 28.7 Å². The molecule has 0 saturated carbocycles. The van der Waals surface area contributed by atoms with Crippen molar-refractivity contribution in [1.82, 2.24) is 4.57 Å². The number of carbonyl (C=O) groups is 1. The molecule has 2 N–H and O–H groups in total. The lowest BCUT2D eigenvalue weighted by Crippen LogP contribution is -2.23. The molecule has 8 nitrogen and oxygen atoms in total. The number of amides is 1. The third kappa shape index (κ3) is 3.94. The fourth-order valence-electron chi connectivity index (χ4n) is 3.64. The van der Waals surface area contributed by atoms with Crippen LogP contribution in [0.5, 0.6) is 23.0 Å². The van der Waals surface area contributed by atoms with Crippen LogP contribution in [0.1, 0.15) is 10.4 Å². The van der Waals surface area contributed by atoms with Gasteiger partial charge >= 0.3 is 0 Å². The Labute approximate surface area is 189 Å². The number of anilines is 1. The third-order valence-electron chi connectivity index (χ3n) is 5.25. The molecule has 0 aliphatic rings. The largest absolute Gasteiger partial charge is 0.506 e. The fraction of sp³-hybridized carbons (Fsp3) is 0.120. The minimum atomic E-state index is -0.478. The third-order valence-corrected chi connectivity index (χ3v) is 5.25. The first-order valence-electron chi connectivity index (χ1n) is 10.0. The first-order chi connectivity index (χ1) is 16.0. The van der Waals surface area contributed by atoms with E-state index in [1.54, 1.807) is 54.6 Å². The van der Waals surface area contributed by atoms with E-state index in [1.807, 2.05) is 0 Å². The number of nitrogens with zero attached hydrogens (tertiary/aromatic N) is 1. The van der Waals surface area contributed by atoms with Crippen LogP contribution >= 0.6 is 0 Å². The number of phenols is 1. The number of pyridine rings is 1. The Hall–Kier alpha value is -4.46. The molecule has 0 fully saturated rings. The van der Waals surface area contributed by atoms with Crippen molar-refractivity contribution in [2.45, 2.75) is 0 Å². The Morgan fingerprint density at radius 3 is 2.09 bits per heavy atom. The molecule has 0 aliphatic heterocycles. The minimum absolute atomic E-state index is 0.0619. The van der Waals surface area contributed by atoms with Crippen LogP contribution in [-0.4, -0.2) is 36.9 Å². The molecule has 8 heteroatoms. The molecule has 168 valence electrons. The maximum atomic E-state index is 13.3. The van der Waals surface area contributed by atoms with Gasteiger partial charge in [0.05, 0.1) is 38.3 Å². The molecule has 33 heavy (non-hydrogen) atoms. The van der Waals surface area contributed by atoms with Crippen LogP contribution in [0.25, 0.3) is 16.5 Å². The number of aromatic hydroxyl groups is 1.